The van der Waals surface area contributed by atoms with Gasteiger partial charge in [0.25, 0.3) is 0 Å². The molecule has 3 saturated carbocycles. The first-order valence-corrected chi connectivity index (χ1v) is 16.8. The summed E-state index contributed by atoms with van der Waals surface area (Å²) in [7, 11) is 0. The first-order valence-electron chi connectivity index (χ1n) is 16.8. The van der Waals surface area contributed by atoms with Gasteiger partial charge in [0.1, 0.15) is 11.6 Å². The lowest BCUT2D eigenvalue weighted by molar-refractivity contribution is -0.161. The Morgan fingerprint density at radius 3 is 2.43 bits per heavy atom. The largest absolute Gasteiger partial charge is 0.481 e. The first-order chi connectivity index (χ1) is 20.4. The minimum atomic E-state index is -0.664. The number of carboxylic acid groups (broad SMARTS) is 1. The quantitative estimate of drug-likeness (QED) is 0.260. The van der Waals surface area contributed by atoms with E-state index in [1.54, 1.807) is 12.1 Å². The zero-order valence-electron chi connectivity index (χ0n) is 27.6. The monoisotopic (exact) mass is 602 g/mol. The average molecular weight is 603 g/mol. The Kier molecular flexibility index (Phi) is 6.19. The van der Waals surface area contributed by atoms with Crippen LogP contribution in [0.2, 0.25) is 0 Å². The second-order valence-corrected chi connectivity index (χ2v) is 17.4. The second-order valence-electron chi connectivity index (χ2n) is 17.4. The Morgan fingerprint density at radius 2 is 1.75 bits per heavy atom. The number of aromatic nitrogens is 2. The Hall–Kier alpha value is -2.83. The van der Waals surface area contributed by atoms with Gasteiger partial charge in [0, 0.05) is 11.0 Å². The molecule has 7 rings (SSSR count). The third-order valence-electron chi connectivity index (χ3n) is 14.4. The summed E-state index contributed by atoms with van der Waals surface area (Å²) in [5, 5.41) is 18.3. The van der Waals surface area contributed by atoms with Crippen molar-refractivity contribution in [1.82, 2.24) is 10.2 Å². The first kappa shape index (κ1) is 29.9. The molecule has 1 aromatic carbocycles. The van der Waals surface area contributed by atoms with E-state index in [1.807, 2.05) is 6.07 Å². The molecular formula is C37H51FN4O2. The summed E-state index contributed by atoms with van der Waals surface area (Å²) in [6, 6.07) is 5.37. The summed E-state index contributed by atoms with van der Waals surface area (Å²) in [6.07, 6.45) is 7.53. The highest BCUT2D eigenvalue weighted by atomic mass is 19.1. The summed E-state index contributed by atoms with van der Waals surface area (Å²) in [5.74, 6) is 0.315. The molecular weight excluding hydrogens is 551 g/mol. The molecule has 0 radical (unpaired) electrons. The van der Waals surface area contributed by atoms with E-state index in [4.69, 9.17) is 16.6 Å². The minimum absolute atomic E-state index is 0.000791. The van der Waals surface area contributed by atoms with Gasteiger partial charge < -0.3 is 16.6 Å². The Labute approximate surface area is 261 Å². The summed E-state index contributed by atoms with van der Waals surface area (Å²) in [5.41, 5.74) is 18.2. The van der Waals surface area contributed by atoms with E-state index < -0.39 is 5.97 Å². The van der Waals surface area contributed by atoms with Crippen LogP contribution in [0.4, 0.5) is 15.9 Å². The number of aliphatic carboxylic acids is 1. The Balaban J connectivity index is 1.47. The summed E-state index contributed by atoms with van der Waals surface area (Å²) >= 11 is 0. The minimum Gasteiger partial charge on any atom is -0.481 e. The molecule has 0 spiro atoms. The molecule has 44 heavy (non-hydrogen) atoms. The molecule has 2 aromatic rings. The summed E-state index contributed by atoms with van der Waals surface area (Å²) < 4.78 is 15.3. The van der Waals surface area contributed by atoms with Crippen molar-refractivity contribution >= 4 is 23.0 Å². The van der Waals surface area contributed by atoms with E-state index in [1.165, 1.54) is 16.7 Å². The van der Waals surface area contributed by atoms with Crippen molar-refractivity contribution in [2.45, 2.75) is 105 Å². The molecule has 0 saturated heterocycles. The van der Waals surface area contributed by atoms with Crippen LogP contribution in [0.25, 0.3) is 5.57 Å². The van der Waals surface area contributed by atoms with Crippen LogP contribution >= 0.6 is 0 Å². The van der Waals surface area contributed by atoms with Gasteiger partial charge in [-0.1, -0.05) is 60.1 Å². The van der Waals surface area contributed by atoms with E-state index in [9.17, 15) is 9.90 Å². The van der Waals surface area contributed by atoms with Crippen molar-refractivity contribution in [3.8, 4) is 0 Å². The molecule has 1 heterocycles. The number of nitrogen functional groups attached to an aromatic ring is 2. The number of carboxylic acids is 1. The van der Waals surface area contributed by atoms with Crippen molar-refractivity contribution < 1.29 is 14.3 Å². The van der Waals surface area contributed by atoms with Crippen LogP contribution in [0.3, 0.4) is 0 Å². The van der Waals surface area contributed by atoms with Gasteiger partial charge in [-0.25, -0.2) is 4.39 Å². The number of anilines is 2. The molecule has 238 valence electrons. The smallest absolute Gasteiger partial charge is 0.306 e. The van der Waals surface area contributed by atoms with Crippen LogP contribution in [0.5, 0.6) is 0 Å². The van der Waals surface area contributed by atoms with Gasteiger partial charge in [-0.15, -0.1) is 0 Å². The van der Waals surface area contributed by atoms with Crippen molar-refractivity contribution in [1.29, 1.82) is 0 Å². The van der Waals surface area contributed by atoms with Gasteiger partial charge in [-0.2, -0.15) is 5.10 Å². The highest BCUT2D eigenvalue weighted by molar-refractivity contribution is 5.75. The predicted octanol–water partition coefficient (Wildman–Crippen LogP) is 8.00. The number of allylic oxidation sites excluding steroid dienone is 2. The number of hydrogen-bond acceptors (Lipinski definition) is 4. The van der Waals surface area contributed by atoms with Gasteiger partial charge in [0.15, 0.2) is 0 Å². The van der Waals surface area contributed by atoms with Gasteiger partial charge in [-0.3, -0.25) is 9.89 Å². The number of fused-ring (bicyclic) bond motifs is 8. The van der Waals surface area contributed by atoms with Gasteiger partial charge in [-0.05, 0) is 120 Å². The molecule has 0 amide bonds. The number of rotatable bonds is 2. The average Bonchev–Trinajstić information content (AvgIpc) is 3.29. The Bertz CT molecular complexity index is 1590. The molecule has 6 N–H and O–H groups in total. The van der Waals surface area contributed by atoms with E-state index >= 15 is 4.39 Å². The lowest BCUT2D eigenvalue weighted by Gasteiger charge is -2.70. The van der Waals surface area contributed by atoms with Crippen LogP contribution in [0.1, 0.15) is 110 Å². The fourth-order valence-corrected chi connectivity index (χ4v) is 12.4. The molecule has 3 fully saturated rings. The molecule has 3 unspecified atom stereocenters. The van der Waals surface area contributed by atoms with Crippen LogP contribution in [-0.2, 0) is 16.6 Å². The van der Waals surface area contributed by atoms with Crippen LogP contribution < -0.4 is 11.5 Å². The maximum Gasteiger partial charge on any atom is 0.306 e. The molecule has 1 aromatic heterocycles. The fourth-order valence-electron chi connectivity index (χ4n) is 12.4. The molecule has 5 aliphatic carbocycles. The maximum atomic E-state index is 15.3. The summed E-state index contributed by atoms with van der Waals surface area (Å²) in [6.45, 7) is 16.7. The van der Waals surface area contributed by atoms with Gasteiger partial charge >= 0.3 is 5.97 Å². The third kappa shape index (κ3) is 3.76. The number of aromatic amines is 1. The zero-order valence-corrected chi connectivity index (χ0v) is 27.6. The van der Waals surface area contributed by atoms with E-state index in [0.717, 1.165) is 56.2 Å². The maximum absolute atomic E-state index is 15.3. The topological polar surface area (TPSA) is 118 Å². The number of nitrogens with one attached hydrogen (secondary N) is 1. The number of nitrogens with zero attached hydrogens (tertiary/aromatic N) is 1. The highest BCUT2D eigenvalue weighted by Gasteiger charge is 2.68. The van der Waals surface area contributed by atoms with Gasteiger partial charge in [0.05, 0.1) is 17.3 Å². The van der Waals surface area contributed by atoms with Crippen LogP contribution in [-0.4, -0.2) is 21.3 Å². The highest BCUT2D eigenvalue weighted by Crippen LogP contribution is 2.76. The lowest BCUT2D eigenvalue weighted by atomic mass is 9.33. The van der Waals surface area contributed by atoms with E-state index in [2.05, 4.69) is 53.6 Å². The fraction of sp³-hybridized carbons (Fsp3) is 0.676. The number of carbonyl (C=O) groups is 1. The number of benzene rings is 1. The SMILES string of the molecule is CC1(C)CC2C3=C(c4ccc(N)c(F)c4)CC4[C@@]5(C)Cc6c(n[nH]c6N)C(C)(C)C5CC[C@@]4(C)[C@]3(C)CC[C@@H]2[C@H](C(=O)O)C1. The molecule has 8 atom stereocenters. The molecule has 6 nitrogen and oxygen atoms in total. The lowest BCUT2D eigenvalue weighted by Crippen LogP contribution is -2.64. The van der Waals surface area contributed by atoms with E-state index in [-0.39, 0.29) is 56.3 Å². The van der Waals surface area contributed by atoms with Crippen molar-refractivity contribution in [3.63, 3.8) is 0 Å². The standard InChI is InChI=1S/C37H51FN4O2/c1-33(2)16-22-20(23(17-33)32(43)44)10-12-37(7)29(22)21(19-8-9-26(39)25(38)14-19)15-28-35(5)18-24-30(41-42-31(24)40)34(3,4)27(35)11-13-36(28,37)6/h8-9,14,20,22-23,27-28H,10-13,15-18,39H2,1-7H3,(H,43,44)(H3,40,41,42)/t20-,22?,23+,27?,28?,35-,36+,37+/m0/s1. The van der Waals surface area contributed by atoms with Crippen molar-refractivity contribution in [3.05, 3.63) is 46.4 Å². The molecule has 7 heteroatoms. The van der Waals surface area contributed by atoms with Gasteiger partial charge in [0.2, 0.25) is 0 Å². The molecule has 5 aliphatic rings. The van der Waals surface area contributed by atoms with E-state index in [0.29, 0.717) is 24.1 Å². The predicted molar refractivity (Wildman–Crippen MR) is 173 cm³/mol. The van der Waals surface area contributed by atoms with Crippen molar-refractivity contribution in [2.75, 3.05) is 11.5 Å². The van der Waals surface area contributed by atoms with Crippen molar-refractivity contribution in [2.24, 2.45) is 51.2 Å². The zero-order chi connectivity index (χ0) is 31.8. The summed E-state index contributed by atoms with van der Waals surface area (Å²) in [4.78, 5) is 12.7. The third-order valence-corrected chi connectivity index (χ3v) is 14.4. The molecule has 0 aliphatic heterocycles. The van der Waals surface area contributed by atoms with Crippen LogP contribution in [0, 0.1) is 57.1 Å². The normalized spacial score (nSPS) is 40.2. The molecule has 0 bridgehead atoms. The number of hydrogen-bond donors (Lipinski definition) is 4. The number of halogens is 1. The van der Waals surface area contributed by atoms with Crippen LogP contribution in [0.15, 0.2) is 23.8 Å². The second kappa shape index (κ2) is 9.13. The number of nitrogens with two attached hydrogens (primary N) is 2. The Morgan fingerprint density at radius 1 is 1.02 bits per heavy atom. The number of H-pyrrole nitrogens is 1.